The molecule has 0 amide bonds. The van der Waals surface area contributed by atoms with Gasteiger partial charge in [-0.2, -0.15) is 8.42 Å². The summed E-state index contributed by atoms with van der Waals surface area (Å²) in [7, 11) is -4.27. The first-order valence-electron chi connectivity index (χ1n) is 28.8. The Kier molecular flexibility index (Phi) is 42.8. The molecule has 0 heterocycles. The Labute approximate surface area is 396 Å². The Morgan fingerprint density at radius 1 is 0.333 bits per heavy atom. The highest BCUT2D eigenvalue weighted by Crippen LogP contribution is 2.26. The molecule has 0 unspecified atom stereocenters. The van der Waals surface area contributed by atoms with E-state index in [9.17, 15) is 13.0 Å². The van der Waals surface area contributed by atoms with Crippen molar-refractivity contribution in [2.75, 3.05) is 19.6 Å². The highest BCUT2D eigenvalue weighted by Gasteiger charge is 2.29. The molecule has 0 atom stereocenters. The van der Waals surface area contributed by atoms with E-state index < -0.39 is 10.1 Å². The van der Waals surface area contributed by atoms with Gasteiger partial charge in [0, 0.05) is 5.56 Å². The molecule has 0 aliphatic carbocycles. The zero-order valence-corrected chi connectivity index (χ0v) is 43.9. The maximum atomic E-state index is 12.6. The standard InChI is InChI=1S/C58H111NO3S/c1-4-7-10-13-16-19-22-25-28-31-34-37-40-43-48-53-59(56-57-51-46-47-52-58(57)63(60,61)62,54-49-44-41-38-35-32-29-26-23-20-17-14-11-8-5-2)55-50-45-42-39-36-33-30-27-24-21-18-15-12-9-6-3/h46-47,51-52H,4-45,48-50,53-56H2,1-3H3/p+1. The Bertz CT molecular complexity index is 1100. The van der Waals surface area contributed by atoms with Gasteiger partial charge < -0.3 is 4.48 Å². The molecule has 0 fully saturated rings. The van der Waals surface area contributed by atoms with Crippen molar-refractivity contribution < 1.29 is 17.5 Å². The largest absolute Gasteiger partial charge is 0.320 e. The first-order chi connectivity index (χ1) is 30.9. The Morgan fingerprint density at radius 3 is 0.762 bits per heavy atom. The van der Waals surface area contributed by atoms with E-state index in [1.165, 1.54) is 289 Å². The zero-order chi connectivity index (χ0) is 45.6. The molecule has 0 bridgehead atoms. The average Bonchev–Trinajstić information content (AvgIpc) is 3.27. The fraction of sp³-hybridized carbons (Fsp3) is 0.897. The lowest BCUT2D eigenvalue weighted by Gasteiger charge is -2.40. The van der Waals surface area contributed by atoms with E-state index in [1.54, 1.807) is 12.1 Å². The molecule has 0 aliphatic heterocycles. The Morgan fingerprint density at radius 2 is 0.540 bits per heavy atom. The van der Waals surface area contributed by atoms with Gasteiger partial charge in [-0.05, 0) is 44.6 Å². The van der Waals surface area contributed by atoms with Crippen molar-refractivity contribution in [1.82, 2.24) is 0 Å². The third-order valence-electron chi connectivity index (χ3n) is 14.5. The fourth-order valence-electron chi connectivity index (χ4n) is 10.3. The molecule has 372 valence electrons. The van der Waals surface area contributed by atoms with Gasteiger partial charge in [0.15, 0.2) is 0 Å². The number of hydrogen-bond acceptors (Lipinski definition) is 2. The highest BCUT2D eigenvalue weighted by atomic mass is 32.2. The lowest BCUT2D eigenvalue weighted by atomic mass is 10.0. The second kappa shape index (κ2) is 44.9. The van der Waals surface area contributed by atoms with Gasteiger partial charge in [-0.25, -0.2) is 0 Å². The lowest BCUT2D eigenvalue weighted by molar-refractivity contribution is -0.941. The maximum Gasteiger partial charge on any atom is 0.295 e. The summed E-state index contributed by atoms with van der Waals surface area (Å²) in [4.78, 5) is 0.122. The second-order valence-electron chi connectivity index (χ2n) is 20.6. The quantitative estimate of drug-likeness (QED) is 0.0403. The van der Waals surface area contributed by atoms with Gasteiger partial charge in [-0.1, -0.05) is 289 Å². The van der Waals surface area contributed by atoms with Crippen LogP contribution in [0.4, 0.5) is 0 Å². The molecule has 4 nitrogen and oxygen atoms in total. The van der Waals surface area contributed by atoms with E-state index in [4.69, 9.17) is 0 Å². The highest BCUT2D eigenvalue weighted by molar-refractivity contribution is 7.85. The van der Waals surface area contributed by atoms with Gasteiger partial charge in [0.1, 0.15) is 11.4 Å². The number of rotatable bonds is 51. The minimum absolute atomic E-state index is 0.122. The number of unbranched alkanes of at least 4 members (excludes halogenated alkanes) is 42. The van der Waals surface area contributed by atoms with Crippen LogP contribution in [0.15, 0.2) is 29.2 Å². The summed E-state index contributed by atoms with van der Waals surface area (Å²) in [6, 6.07) is 7.32. The fourth-order valence-corrected chi connectivity index (χ4v) is 11.0. The molecule has 0 aliphatic rings. The van der Waals surface area contributed by atoms with Crippen LogP contribution in [0.1, 0.15) is 315 Å². The molecule has 1 aromatic carbocycles. The molecular weight excluding hydrogens is 791 g/mol. The zero-order valence-electron chi connectivity index (χ0n) is 43.1. The third-order valence-corrected chi connectivity index (χ3v) is 15.4. The van der Waals surface area contributed by atoms with Gasteiger partial charge in [-0.15, -0.1) is 0 Å². The van der Waals surface area contributed by atoms with Crippen LogP contribution in [-0.4, -0.2) is 37.1 Å². The minimum Gasteiger partial charge on any atom is -0.320 e. The van der Waals surface area contributed by atoms with Crippen molar-refractivity contribution >= 4 is 10.1 Å². The van der Waals surface area contributed by atoms with Crippen molar-refractivity contribution in [3.63, 3.8) is 0 Å². The van der Waals surface area contributed by atoms with Gasteiger partial charge >= 0.3 is 0 Å². The molecule has 0 spiro atoms. The predicted octanol–water partition coefficient (Wildman–Crippen LogP) is 19.9. The van der Waals surface area contributed by atoms with Crippen molar-refractivity contribution in [2.24, 2.45) is 0 Å². The molecule has 0 saturated carbocycles. The number of nitrogens with zero attached hydrogens (tertiary/aromatic N) is 1. The van der Waals surface area contributed by atoms with Crippen LogP contribution >= 0.6 is 0 Å². The Balaban J connectivity index is 2.69. The van der Waals surface area contributed by atoms with Crippen LogP contribution in [0.25, 0.3) is 0 Å². The van der Waals surface area contributed by atoms with Crippen molar-refractivity contribution in [2.45, 2.75) is 321 Å². The molecule has 1 rings (SSSR count). The second-order valence-corrected chi connectivity index (χ2v) is 22.0. The monoisotopic (exact) mass is 903 g/mol. The summed E-state index contributed by atoms with van der Waals surface area (Å²) in [5.74, 6) is 0. The van der Waals surface area contributed by atoms with Crippen molar-refractivity contribution in [3.05, 3.63) is 29.8 Å². The first kappa shape index (κ1) is 60.1. The van der Waals surface area contributed by atoms with Crippen LogP contribution in [0.5, 0.6) is 0 Å². The Hall–Kier alpha value is -0.910. The lowest BCUT2D eigenvalue weighted by Crippen LogP contribution is -2.49. The molecule has 1 N–H and O–H groups in total. The molecular formula is C58H112NO3S+. The molecule has 5 heteroatoms. The van der Waals surface area contributed by atoms with Gasteiger partial charge in [0.25, 0.3) is 10.1 Å². The molecule has 0 saturated heterocycles. The van der Waals surface area contributed by atoms with E-state index in [-0.39, 0.29) is 4.90 Å². The summed E-state index contributed by atoms with van der Waals surface area (Å²) >= 11 is 0. The van der Waals surface area contributed by atoms with E-state index >= 15 is 0 Å². The van der Waals surface area contributed by atoms with Gasteiger partial charge in [-0.3, -0.25) is 4.55 Å². The van der Waals surface area contributed by atoms with Gasteiger partial charge in [0.05, 0.1) is 19.6 Å². The van der Waals surface area contributed by atoms with E-state index in [2.05, 4.69) is 20.8 Å². The molecule has 63 heavy (non-hydrogen) atoms. The molecule has 0 radical (unpaired) electrons. The van der Waals surface area contributed by atoms with E-state index in [0.717, 1.165) is 29.7 Å². The van der Waals surface area contributed by atoms with Crippen LogP contribution in [-0.2, 0) is 16.7 Å². The predicted molar refractivity (Wildman–Crippen MR) is 280 cm³/mol. The summed E-state index contributed by atoms with van der Waals surface area (Å²) in [5.41, 5.74) is 0.808. The minimum atomic E-state index is -4.27. The van der Waals surface area contributed by atoms with Crippen molar-refractivity contribution in [3.8, 4) is 0 Å². The number of hydrogen-bond donors (Lipinski definition) is 1. The van der Waals surface area contributed by atoms with Gasteiger partial charge in [0.2, 0.25) is 0 Å². The molecule has 1 aromatic rings. The van der Waals surface area contributed by atoms with Crippen LogP contribution in [0.2, 0.25) is 0 Å². The van der Waals surface area contributed by atoms with Crippen LogP contribution in [0, 0.1) is 0 Å². The summed E-state index contributed by atoms with van der Waals surface area (Å²) in [6.07, 6.45) is 61.8. The summed E-state index contributed by atoms with van der Waals surface area (Å²) in [5, 5.41) is 0. The van der Waals surface area contributed by atoms with Crippen LogP contribution in [0.3, 0.4) is 0 Å². The van der Waals surface area contributed by atoms with E-state index in [1.807, 2.05) is 12.1 Å². The maximum absolute atomic E-state index is 12.6. The van der Waals surface area contributed by atoms with E-state index in [0.29, 0.717) is 6.54 Å². The third kappa shape index (κ3) is 37.8. The smallest absolute Gasteiger partial charge is 0.295 e. The average molecular weight is 904 g/mol. The SMILES string of the molecule is CCCCCCCCCCCCCCCCC[N+](CCCCCCCCCCCCCCCCC)(CCCCCCCCCCCCCCCCC)Cc1ccccc1S(=O)(=O)O. The molecule has 0 aromatic heterocycles. The first-order valence-corrected chi connectivity index (χ1v) is 30.2. The summed E-state index contributed by atoms with van der Waals surface area (Å²) in [6.45, 7) is 11.0. The van der Waals surface area contributed by atoms with Crippen molar-refractivity contribution in [1.29, 1.82) is 0 Å². The normalized spacial score (nSPS) is 12.2. The summed E-state index contributed by atoms with van der Waals surface area (Å²) < 4.78 is 36.5. The number of benzene rings is 1. The number of quaternary nitrogens is 1. The van der Waals surface area contributed by atoms with Crippen LogP contribution < -0.4 is 0 Å². The topological polar surface area (TPSA) is 54.4 Å².